The van der Waals surface area contributed by atoms with E-state index in [1.165, 1.54) is 0 Å². The molecule has 0 amide bonds. The molecule has 0 heterocycles. The van der Waals surface area contributed by atoms with Crippen molar-refractivity contribution in [1.82, 2.24) is 0 Å². The number of rotatable bonds is 5. The molecule has 0 aromatic heterocycles. The number of fused-ring (bicyclic) bond motifs is 2. The first-order valence-corrected chi connectivity index (χ1v) is 8.89. The van der Waals surface area contributed by atoms with Crippen LogP contribution < -0.4 is 0 Å². The smallest absolute Gasteiger partial charge is 0.426 e. The average molecular weight is 337 g/mol. The van der Waals surface area contributed by atoms with Crippen LogP contribution in [0, 0.1) is 11.3 Å². The number of halogens is 1. The van der Waals surface area contributed by atoms with Gasteiger partial charge >= 0.3 is 7.12 Å². The Bertz CT molecular complexity index is 553. The minimum atomic E-state index is -1.10. The van der Waals surface area contributed by atoms with Gasteiger partial charge in [-0.1, -0.05) is 44.2 Å². The predicted molar refractivity (Wildman–Crippen MR) is 93.3 cm³/mol. The molecule has 5 heteroatoms. The largest absolute Gasteiger partial charge is 0.474 e. The van der Waals surface area contributed by atoms with E-state index in [4.69, 9.17) is 16.3 Å². The molecule has 0 spiro atoms. The van der Waals surface area contributed by atoms with Crippen molar-refractivity contribution in [2.45, 2.75) is 62.9 Å². The summed E-state index contributed by atoms with van der Waals surface area (Å²) in [4.78, 5) is 0. The van der Waals surface area contributed by atoms with Crippen LogP contribution in [-0.4, -0.2) is 33.7 Å². The molecule has 3 nitrogen and oxygen atoms in total. The Kier molecular flexibility index (Phi) is 4.33. The van der Waals surface area contributed by atoms with Gasteiger partial charge < -0.3 is 14.8 Å². The van der Waals surface area contributed by atoms with Gasteiger partial charge in [0.1, 0.15) is 0 Å². The highest BCUT2D eigenvalue weighted by atomic mass is 35.5. The van der Waals surface area contributed by atoms with E-state index in [-0.39, 0.29) is 5.41 Å². The Morgan fingerprint density at radius 2 is 1.96 bits per heavy atom. The molecule has 0 radical (unpaired) electrons. The zero-order chi connectivity index (χ0) is 16.9. The fourth-order valence-corrected chi connectivity index (χ4v) is 4.87. The maximum absolute atomic E-state index is 10.9. The second kappa shape index (κ2) is 5.77. The molecule has 0 saturated heterocycles. The lowest BCUT2D eigenvalue weighted by Crippen LogP contribution is -2.77. The molecule has 3 unspecified atom stereocenters. The van der Waals surface area contributed by atoms with Crippen LogP contribution in [0.3, 0.4) is 0 Å². The third-order valence-electron chi connectivity index (χ3n) is 6.35. The highest BCUT2D eigenvalue weighted by molar-refractivity contribution is 6.58. The second-order valence-corrected chi connectivity index (χ2v) is 8.54. The molecule has 126 valence electrons. The monoisotopic (exact) mass is 336 g/mol. The number of alkyl halides is 1. The second-order valence-electron chi connectivity index (χ2n) is 7.98. The molecule has 4 atom stereocenters. The summed E-state index contributed by atoms with van der Waals surface area (Å²) in [6, 6.07) is 9.84. The molecule has 0 aliphatic heterocycles. The third-order valence-corrected chi connectivity index (χ3v) is 6.72. The molecule has 1 aromatic carbocycles. The van der Waals surface area contributed by atoms with Crippen LogP contribution in [0.2, 0.25) is 0 Å². The van der Waals surface area contributed by atoms with Gasteiger partial charge in [0, 0.05) is 0 Å². The van der Waals surface area contributed by atoms with E-state index in [1.807, 2.05) is 37.3 Å². The molecular formula is C18H26BClO3. The summed E-state index contributed by atoms with van der Waals surface area (Å²) in [5.74, 6) is 0.540. The van der Waals surface area contributed by atoms with Crippen LogP contribution in [0.25, 0.3) is 0 Å². The molecule has 4 rings (SSSR count). The van der Waals surface area contributed by atoms with Gasteiger partial charge in [-0.3, -0.25) is 0 Å². The first-order chi connectivity index (χ1) is 10.7. The number of hydrogen-bond acceptors (Lipinski definition) is 3. The summed E-state index contributed by atoms with van der Waals surface area (Å²) in [6.07, 6.45) is 3.04. The van der Waals surface area contributed by atoms with Gasteiger partial charge in [-0.25, -0.2) is 0 Å². The van der Waals surface area contributed by atoms with Crippen molar-refractivity contribution in [3.63, 3.8) is 0 Å². The Labute approximate surface area is 144 Å². The van der Waals surface area contributed by atoms with E-state index in [2.05, 4.69) is 13.8 Å². The molecule has 23 heavy (non-hydrogen) atoms. The fourth-order valence-electron chi connectivity index (χ4n) is 4.64. The van der Waals surface area contributed by atoms with Crippen molar-refractivity contribution in [3.05, 3.63) is 35.9 Å². The van der Waals surface area contributed by atoms with Crippen molar-refractivity contribution in [1.29, 1.82) is 0 Å². The standard InChI is InChI=1S/C18H26BClO3/c1-16(2)14-9-10-17(3,21)18(16,12-14)23-19(22)15(20)11-13-7-5-4-6-8-13/h4-8,14-15,21-22H,9-12H2,1-3H3/t14?,15-,17?,18?/m1/s1. The zero-order valence-electron chi connectivity index (χ0n) is 14.1. The van der Waals surface area contributed by atoms with Gasteiger partial charge in [-0.05, 0) is 49.5 Å². The Morgan fingerprint density at radius 3 is 2.52 bits per heavy atom. The first kappa shape index (κ1) is 17.3. The normalized spacial score (nSPS) is 36.2. The van der Waals surface area contributed by atoms with Gasteiger partial charge in [0.25, 0.3) is 0 Å². The van der Waals surface area contributed by atoms with Crippen molar-refractivity contribution >= 4 is 18.7 Å². The van der Waals surface area contributed by atoms with Gasteiger partial charge in [-0.15, -0.1) is 11.6 Å². The Morgan fingerprint density at radius 1 is 1.30 bits per heavy atom. The molecule has 2 N–H and O–H groups in total. The lowest BCUT2D eigenvalue weighted by Gasteiger charge is -2.71. The third kappa shape index (κ3) is 2.64. The highest BCUT2D eigenvalue weighted by Gasteiger charge is 2.71. The number of hydrogen-bond donors (Lipinski definition) is 2. The van der Waals surface area contributed by atoms with E-state index in [1.54, 1.807) is 0 Å². The summed E-state index contributed by atoms with van der Waals surface area (Å²) in [6.45, 7) is 6.08. The van der Waals surface area contributed by atoms with Crippen molar-refractivity contribution in [2.75, 3.05) is 0 Å². The highest BCUT2D eigenvalue weighted by Crippen LogP contribution is 2.67. The van der Waals surface area contributed by atoms with Crippen LogP contribution >= 0.6 is 11.6 Å². The van der Waals surface area contributed by atoms with E-state index in [9.17, 15) is 10.1 Å². The molecule has 3 saturated carbocycles. The fraction of sp³-hybridized carbons (Fsp3) is 0.667. The predicted octanol–water partition coefficient (Wildman–Crippen LogP) is 3.20. The first-order valence-electron chi connectivity index (χ1n) is 8.46. The number of benzene rings is 1. The van der Waals surface area contributed by atoms with E-state index >= 15 is 0 Å². The topological polar surface area (TPSA) is 49.7 Å². The molecular weight excluding hydrogens is 310 g/mol. The van der Waals surface area contributed by atoms with Gasteiger partial charge in [0.05, 0.1) is 16.5 Å². The van der Waals surface area contributed by atoms with Gasteiger partial charge in [0.2, 0.25) is 0 Å². The van der Waals surface area contributed by atoms with Gasteiger partial charge in [0.15, 0.2) is 0 Å². The summed E-state index contributed by atoms with van der Waals surface area (Å²) in [5.41, 5.74) is -0.741. The van der Waals surface area contributed by atoms with Crippen LogP contribution in [0.5, 0.6) is 0 Å². The maximum atomic E-state index is 10.9. The van der Waals surface area contributed by atoms with Crippen LogP contribution in [0.4, 0.5) is 0 Å². The average Bonchev–Trinajstić information content (AvgIpc) is 2.49. The van der Waals surface area contributed by atoms with E-state index in [0.29, 0.717) is 18.8 Å². The minimum Gasteiger partial charge on any atom is -0.426 e. The summed E-state index contributed by atoms with van der Waals surface area (Å²) >= 11 is 6.39. The zero-order valence-corrected chi connectivity index (χ0v) is 14.9. The molecule has 2 bridgehead atoms. The van der Waals surface area contributed by atoms with Gasteiger partial charge in [-0.2, -0.15) is 0 Å². The van der Waals surface area contributed by atoms with Crippen molar-refractivity contribution in [2.24, 2.45) is 11.3 Å². The molecule has 3 fully saturated rings. The summed E-state index contributed by atoms with van der Waals surface area (Å²) in [5, 5.41) is 20.9. The lowest BCUT2D eigenvalue weighted by atomic mass is 9.40. The van der Waals surface area contributed by atoms with E-state index < -0.39 is 23.6 Å². The lowest BCUT2D eigenvalue weighted by molar-refractivity contribution is -0.304. The van der Waals surface area contributed by atoms with Crippen LogP contribution in [-0.2, 0) is 11.1 Å². The molecule has 3 aliphatic carbocycles. The van der Waals surface area contributed by atoms with Crippen LogP contribution in [0.1, 0.15) is 45.6 Å². The number of aliphatic hydroxyl groups is 1. The Balaban J connectivity index is 1.72. The van der Waals surface area contributed by atoms with E-state index in [0.717, 1.165) is 18.4 Å². The minimum absolute atomic E-state index is 0.154. The summed E-state index contributed by atoms with van der Waals surface area (Å²) < 4.78 is 6.08. The molecule has 3 aliphatic rings. The van der Waals surface area contributed by atoms with Crippen LogP contribution in [0.15, 0.2) is 30.3 Å². The summed E-state index contributed by atoms with van der Waals surface area (Å²) in [7, 11) is -1.10. The molecule has 1 aromatic rings. The van der Waals surface area contributed by atoms with Crippen molar-refractivity contribution in [3.8, 4) is 0 Å². The Hall–Kier alpha value is -0.545. The quantitative estimate of drug-likeness (QED) is 0.641. The SMILES string of the molecule is CC1(O)CCC2CC1(OB(O)[C@H](Cl)Cc1ccccc1)C2(C)C. The maximum Gasteiger partial charge on any atom is 0.474 e. The van der Waals surface area contributed by atoms with Crippen molar-refractivity contribution < 1.29 is 14.8 Å².